The van der Waals surface area contributed by atoms with E-state index in [4.69, 9.17) is 0 Å². The summed E-state index contributed by atoms with van der Waals surface area (Å²) < 4.78 is 13.8. The largest absolute Gasteiger partial charge is 0.313 e. The lowest BCUT2D eigenvalue weighted by molar-refractivity contribution is 0.366. The Morgan fingerprint density at radius 1 is 1.22 bits per heavy atom. The molecule has 0 saturated heterocycles. The van der Waals surface area contributed by atoms with E-state index in [0.29, 0.717) is 10.4 Å². The molecule has 2 atom stereocenters. The molecule has 0 amide bonds. The molecular formula is C15H23BrFN. The third-order valence-corrected chi connectivity index (χ3v) is 3.81. The van der Waals surface area contributed by atoms with Gasteiger partial charge in [0, 0.05) is 6.04 Å². The molecule has 2 unspecified atom stereocenters. The minimum Gasteiger partial charge on any atom is -0.313 e. The van der Waals surface area contributed by atoms with E-state index in [0.717, 1.165) is 17.9 Å². The fourth-order valence-electron chi connectivity index (χ4n) is 2.45. The van der Waals surface area contributed by atoms with Crippen LogP contribution in [0.15, 0.2) is 22.7 Å². The Labute approximate surface area is 118 Å². The standard InChI is InChI=1S/C15H23BrFN/c1-10(2)7-11(3)8-15(18-4)12-5-6-14(17)13(16)9-12/h5-6,9-11,15,18H,7-8H2,1-4H3. The number of rotatable bonds is 6. The molecule has 1 nitrogen and oxygen atoms in total. The fraction of sp³-hybridized carbons (Fsp3) is 0.600. The normalized spacial score (nSPS) is 14.8. The van der Waals surface area contributed by atoms with Gasteiger partial charge >= 0.3 is 0 Å². The lowest BCUT2D eigenvalue weighted by Gasteiger charge is -2.22. The van der Waals surface area contributed by atoms with Crippen molar-refractivity contribution >= 4 is 15.9 Å². The summed E-state index contributed by atoms with van der Waals surface area (Å²) in [6.45, 7) is 6.78. The van der Waals surface area contributed by atoms with Gasteiger partial charge in [0.15, 0.2) is 0 Å². The van der Waals surface area contributed by atoms with E-state index in [-0.39, 0.29) is 11.9 Å². The third-order valence-electron chi connectivity index (χ3n) is 3.21. The lowest BCUT2D eigenvalue weighted by Crippen LogP contribution is -2.19. The van der Waals surface area contributed by atoms with Gasteiger partial charge in [-0.25, -0.2) is 4.39 Å². The number of hydrogen-bond acceptors (Lipinski definition) is 1. The summed E-state index contributed by atoms with van der Waals surface area (Å²) >= 11 is 3.25. The monoisotopic (exact) mass is 315 g/mol. The van der Waals surface area contributed by atoms with Crippen LogP contribution in [0.2, 0.25) is 0 Å². The molecular weight excluding hydrogens is 293 g/mol. The number of nitrogens with one attached hydrogen (secondary N) is 1. The maximum Gasteiger partial charge on any atom is 0.137 e. The first-order chi connectivity index (χ1) is 8.43. The summed E-state index contributed by atoms with van der Waals surface area (Å²) in [6.07, 6.45) is 2.30. The summed E-state index contributed by atoms with van der Waals surface area (Å²) in [7, 11) is 1.96. The van der Waals surface area contributed by atoms with Gasteiger partial charge in [0.05, 0.1) is 4.47 Å². The number of benzene rings is 1. The quantitative estimate of drug-likeness (QED) is 0.785. The van der Waals surface area contributed by atoms with Crippen LogP contribution in [0.3, 0.4) is 0 Å². The maximum atomic E-state index is 13.2. The van der Waals surface area contributed by atoms with Gasteiger partial charge in [0.1, 0.15) is 5.82 Å². The predicted octanol–water partition coefficient (Wildman–Crippen LogP) is 4.92. The Hall–Kier alpha value is -0.410. The lowest BCUT2D eigenvalue weighted by atomic mass is 9.90. The molecule has 0 aliphatic carbocycles. The summed E-state index contributed by atoms with van der Waals surface area (Å²) in [5.41, 5.74) is 1.14. The molecule has 0 bridgehead atoms. The van der Waals surface area contributed by atoms with Crippen molar-refractivity contribution in [1.82, 2.24) is 5.32 Å². The van der Waals surface area contributed by atoms with E-state index in [2.05, 4.69) is 42.0 Å². The molecule has 0 aromatic heterocycles. The van der Waals surface area contributed by atoms with E-state index in [9.17, 15) is 4.39 Å². The highest BCUT2D eigenvalue weighted by Crippen LogP contribution is 2.27. The molecule has 18 heavy (non-hydrogen) atoms. The van der Waals surface area contributed by atoms with Crippen LogP contribution in [-0.2, 0) is 0 Å². The van der Waals surface area contributed by atoms with Crippen molar-refractivity contribution in [2.45, 2.75) is 39.7 Å². The molecule has 102 valence electrons. The van der Waals surface area contributed by atoms with Crippen LogP contribution >= 0.6 is 15.9 Å². The average molecular weight is 316 g/mol. The first kappa shape index (κ1) is 15.6. The highest BCUT2D eigenvalue weighted by Gasteiger charge is 2.15. The maximum absolute atomic E-state index is 13.2. The van der Waals surface area contributed by atoms with Gasteiger partial charge in [-0.3, -0.25) is 0 Å². The van der Waals surface area contributed by atoms with Crippen LogP contribution < -0.4 is 5.32 Å². The van der Waals surface area contributed by atoms with Gasteiger partial charge in [-0.15, -0.1) is 0 Å². The second-order valence-electron chi connectivity index (χ2n) is 5.49. The van der Waals surface area contributed by atoms with Crippen LogP contribution in [0.4, 0.5) is 4.39 Å². The molecule has 1 aromatic rings. The molecule has 0 saturated carbocycles. The van der Waals surface area contributed by atoms with Gasteiger partial charge in [0.25, 0.3) is 0 Å². The van der Waals surface area contributed by atoms with Crippen LogP contribution in [0.5, 0.6) is 0 Å². The summed E-state index contributed by atoms with van der Waals surface area (Å²) in [5, 5.41) is 3.33. The minimum atomic E-state index is -0.205. The van der Waals surface area contributed by atoms with E-state index < -0.39 is 0 Å². The molecule has 0 radical (unpaired) electrons. The fourth-order valence-corrected chi connectivity index (χ4v) is 2.85. The molecule has 0 aliphatic rings. The van der Waals surface area contributed by atoms with E-state index >= 15 is 0 Å². The van der Waals surface area contributed by atoms with Crippen LogP contribution in [0, 0.1) is 17.7 Å². The van der Waals surface area contributed by atoms with Gasteiger partial charge in [0.2, 0.25) is 0 Å². The first-order valence-electron chi connectivity index (χ1n) is 6.56. The Bertz CT molecular complexity index is 379. The molecule has 0 aliphatic heterocycles. The van der Waals surface area contributed by atoms with Crippen LogP contribution in [0.1, 0.15) is 45.2 Å². The molecule has 0 heterocycles. The van der Waals surface area contributed by atoms with Crippen molar-refractivity contribution in [3.05, 3.63) is 34.1 Å². The van der Waals surface area contributed by atoms with Gasteiger partial charge < -0.3 is 5.32 Å². The topological polar surface area (TPSA) is 12.0 Å². The number of hydrogen-bond donors (Lipinski definition) is 1. The summed E-state index contributed by atoms with van der Waals surface area (Å²) in [6, 6.07) is 5.55. The van der Waals surface area contributed by atoms with E-state index in [1.54, 1.807) is 0 Å². The zero-order valence-corrected chi connectivity index (χ0v) is 13.2. The molecule has 1 aromatic carbocycles. The second kappa shape index (κ2) is 7.25. The average Bonchev–Trinajstić information content (AvgIpc) is 2.29. The predicted molar refractivity (Wildman–Crippen MR) is 79.1 cm³/mol. The summed E-state index contributed by atoms with van der Waals surface area (Å²) in [4.78, 5) is 0. The SMILES string of the molecule is CNC(CC(C)CC(C)C)c1ccc(F)c(Br)c1. The van der Waals surface area contributed by atoms with Crippen molar-refractivity contribution in [2.75, 3.05) is 7.05 Å². The van der Waals surface area contributed by atoms with E-state index in [1.165, 1.54) is 12.5 Å². The number of halogens is 2. The van der Waals surface area contributed by atoms with Gasteiger partial charge in [-0.2, -0.15) is 0 Å². The Kier molecular flexibility index (Phi) is 6.30. The third kappa shape index (κ3) is 4.69. The van der Waals surface area contributed by atoms with Crippen LogP contribution in [0.25, 0.3) is 0 Å². The molecule has 0 spiro atoms. The van der Waals surface area contributed by atoms with Crippen molar-refractivity contribution in [3.8, 4) is 0 Å². The van der Waals surface area contributed by atoms with Crippen LogP contribution in [-0.4, -0.2) is 7.05 Å². The van der Waals surface area contributed by atoms with Crippen molar-refractivity contribution in [3.63, 3.8) is 0 Å². The zero-order valence-electron chi connectivity index (χ0n) is 11.6. The zero-order chi connectivity index (χ0) is 13.7. The van der Waals surface area contributed by atoms with Gasteiger partial charge in [-0.05, 0) is 65.4 Å². The molecule has 0 fully saturated rings. The minimum absolute atomic E-state index is 0.205. The highest BCUT2D eigenvalue weighted by molar-refractivity contribution is 9.10. The first-order valence-corrected chi connectivity index (χ1v) is 7.35. The van der Waals surface area contributed by atoms with Gasteiger partial charge in [-0.1, -0.05) is 26.8 Å². The Morgan fingerprint density at radius 2 is 1.89 bits per heavy atom. The molecule has 1 rings (SSSR count). The Morgan fingerprint density at radius 3 is 2.39 bits per heavy atom. The smallest absolute Gasteiger partial charge is 0.137 e. The van der Waals surface area contributed by atoms with Crippen molar-refractivity contribution in [2.24, 2.45) is 11.8 Å². The van der Waals surface area contributed by atoms with Crippen molar-refractivity contribution < 1.29 is 4.39 Å². The molecule has 1 N–H and O–H groups in total. The highest BCUT2D eigenvalue weighted by atomic mass is 79.9. The molecule has 3 heteroatoms. The van der Waals surface area contributed by atoms with Crippen molar-refractivity contribution in [1.29, 1.82) is 0 Å². The Balaban J connectivity index is 2.73. The second-order valence-corrected chi connectivity index (χ2v) is 6.34. The summed E-state index contributed by atoms with van der Waals surface area (Å²) in [5.74, 6) is 1.17. The van der Waals surface area contributed by atoms with E-state index in [1.807, 2.05) is 19.2 Å².